The molecular weight excluding hydrogens is 1240 g/mol. The van der Waals surface area contributed by atoms with Crippen LogP contribution < -0.4 is 9.80 Å². The summed E-state index contributed by atoms with van der Waals surface area (Å²) in [6.45, 7) is 0. The van der Waals surface area contributed by atoms with Crippen molar-refractivity contribution in [2.75, 3.05) is 9.80 Å². The van der Waals surface area contributed by atoms with Crippen molar-refractivity contribution < 1.29 is 35.1 Å². The fourth-order valence-corrected chi connectivity index (χ4v) is 13.4. The smallest absolute Gasteiger partial charge is 0.147 e. The molecule has 0 unspecified atom stereocenters. The predicted octanol–water partition coefficient (Wildman–Crippen LogP) is 26.0. The van der Waals surface area contributed by atoms with Gasteiger partial charge in [0.1, 0.15) is 46.5 Å². The molecule has 0 aliphatic carbocycles. The number of rotatable bonds is 14. The number of hydrogen-bond donors (Lipinski definition) is 0. The van der Waals surface area contributed by atoms with E-state index in [1.807, 2.05) is 146 Å². The Bertz CT molecular complexity index is 5030. The molecule has 16 aromatic rings. The van der Waals surface area contributed by atoms with Crippen LogP contribution in [0.25, 0.3) is 121 Å². The van der Waals surface area contributed by atoms with E-state index in [1.54, 1.807) is 107 Å². The first-order valence-electron chi connectivity index (χ1n) is 31.8. The van der Waals surface area contributed by atoms with Crippen LogP contribution in [0.2, 0.25) is 0 Å². The lowest BCUT2D eigenvalue weighted by atomic mass is 9.90. The quantitative estimate of drug-likeness (QED) is 0.0791. The van der Waals surface area contributed by atoms with Gasteiger partial charge >= 0.3 is 0 Å². The summed E-state index contributed by atoms with van der Waals surface area (Å²) in [6.07, 6.45) is 0. The predicted molar refractivity (Wildman–Crippen MR) is 383 cm³/mol. The van der Waals surface area contributed by atoms with E-state index in [9.17, 15) is 17.6 Å². The van der Waals surface area contributed by atoms with Crippen LogP contribution in [0.15, 0.2) is 315 Å². The van der Waals surface area contributed by atoms with Gasteiger partial charge in [-0.25, -0.2) is 35.1 Å². The van der Waals surface area contributed by atoms with Gasteiger partial charge in [0, 0.05) is 10.8 Å². The zero-order chi connectivity index (χ0) is 66.7. The molecule has 0 atom stereocenters. The Kier molecular flexibility index (Phi) is 15.5. The highest BCUT2D eigenvalue weighted by molar-refractivity contribution is 6.30. The zero-order valence-electron chi connectivity index (χ0n) is 51.9. The Morgan fingerprint density at radius 1 is 0.163 bits per heavy atom. The molecule has 0 saturated heterocycles. The molecule has 0 saturated carbocycles. The SMILES string of the molecule is Fc1ccc(-c2ccc(-c3ccc(F)c(N(c4cc(-c5ccc(-c6ccc(F)cc6)cc5)ccc4F)c4cc5cccc6c(N(c7cc(-c8ccc(-c9ccc(F)cc9)cc8)ccc7F)c7cc(-c8ccc(-c9ccc(F)cc9)cc8)ccc7F)cc7cccc4c7c56)c3)cc2)cc1. The molecule has 0 N–H and O–H groups in total. The molecule has 0 heterocycles. The van der Waals surface area contributed by atoms with E-state index in [1.165, 1.54) is 72.8 Å². The van der Waals surface area contributed by atoms with Crippen LogP contribution in [0, 0.1) is 46.5 Å². The first kappa shape index (κ1) is 60.5. The van der Waals surface area contributed by atoms with Crippen molar-refractivity contribution in [3.63, 3.8) is 0 Å². The number of benzene rings is 16. The van der Waals surface area contributed by atoms with Gasteiger partial charge in [-0.15, -0.1) is 0 Å². The van der Waals surface area contributed by atoms with E-state index in [2.05, 4.69) is 0 Å². The lowest BCUT2D eigenvalue weighted by molar-refractivity contribution is 0.619. The monoisotopic (exact) mass is 1290 g/mol. The maximum Gasteiger partial charge on any atom is 0.147 e. The van der Waals surface area contributed by atoms with Gasteiger partial charge in [0.15, 0.2) is 0 Å². The maximum absolute atomic E-state index is 17.6. The van der Waals surface area contributed by atoms with Gasteiger partial charge in [-0.1, -0.05) is 206 Å². The van der Waals surface area contributed by atoms with E-state index >= 15 is 17.6 Å². The molecule has 16 rings (SSSR count). The van der Waals surface area contributed by atoms with Crippen LogP contribution in [0.3, 0.4) is 0 Å². The summed E-state index contributed by atoms with van der Waals surface area (Å²) < 4.78 is 126. The molecule has 10 heteroatoms. The first-order valence-corrected chi connectivity index (χ1v) is 31.8. The molecule has 98 heavy (non-hydrogen) atoms. The van der Waals surface area contributed by atoms with E-state index in [4.69, 9.17) is 0 Å². The third-order valence-corrected chi connectivity index (χ3v) is 18.4. The van der Waals surface area contributed by atoms with Gasteiger partial charge in [0.05, 0.1) is 34.1 Å². The molecule has 16 aromatic carbocycles. The number of halogens is 8. The summed E-state index contributed by atoms with van der Waals surface area (Å²) in [5.74, 6) is -3.98. The summed E-state index contributed by atoms with van der Waals surface area (Å²) >= 11 is 0. The molecule has 0 aliphatic heterocycles. The van der Waals surface area contributed by atoms with Gasteiger partial charge in [-0.3, -0.25) is 0 Å². The van der Waals surface area contributed by atoms with Crippen LogP contribution >= 0.6 is 0 Å². The lowest BCUT2D eigenvalue weighted by Gasteiger charge is -2.31. The molecule has 0 radical (unpaired) electrons. The molecule has 2 nitrogen and oxygen atoms in total. The minimum absolute atomic E-state index is 0.0374. The van der Waals surface area contributed by atoms with Crippen molar-refractivity contribution in [2.24, 2.45) is 0 Å². The fourth-order valence-electron chi connectivity index (χ4n) is 13.4. The molecule has 0 spiro atoms. The van der Waals surface area contributed by atoms with Crippen LogP contribution in [-0.4, -0.2) is 0 Å². The first-order chi connectivity index (χ1) is 47.8. The molecule has 0 aliphatic rings. The van der Waals surface area contributed by atoms with Crippen LogP contribution in [-0.2, 0) is 0 Å². The summed E-state index contributed by atoms with van der Waals surface area (Å²) in [5.41, 5.74) is 13.1. The standard InChI is InChI=1S/C88H52F8N2/c89-71-35-23-57(24-36-71)53-7-15-61(16-8-53)65-31-43-77(93)83(47-65)97(84-48-66(32-44-78(84)94)62-17-9-54(10-18-62)58-25-37-72(90)38-26-58)81-52-70-4-2-6-76-82(51-69-3-1-5-75(81)87(69)88(70)76)98(85-49-67(33-45-79(85)95)63-19-11-55(12-20-63)59-27-39-73(91)40-28-59)86-50-68(34-46-80(86)96)64-21-13-56(14-22-64)60-29-41-74(92)42-30-60/h1-52H. The molecule has 0 bridgehead atoms. The van der Waals surface area contributed by atoms with Crippen molar-refractivity contribution >= 4 is 66.4 Å². The largest absolute Gasteiger partial charge is 0.304 e. The second-order valence-corrected chi connectivity index (χ2v) is 24.3. The number of nitrogens with zero attached hydrogens (tertiary/aromatic N) is 2. The van der Waals surface area contributed by atoms with Crippen molar-refractivity contribution in [1.29, 1.82) is 0 Å². The Balaban J connectivity index is 0.880. The Hall–Kier alpha value is -12.4. The Morgan fingerprint density at radius 3 is 0.561 bits per heavy atom. The van der Waals surface area contributed by atoms with Crippen LogP contribution in [0.1, 0.15) is 0 Å². The highest BCUT2D eigenvalue weighted by atomic mass is 19.2. The van der Waals surface area contributed by atoms with E-state index < -0.39 is 23.3 Å². The van der Waals surface area contributed by atoms with Crippen molar-refractivity contribution in [3.8, 4) is 89.0 Å². The van der Waals surface area contributed by atoms with Gasteiger partial charge in [0.2, 0.25) is 0 Å². The Labute approximate surface area is 559 Å². The highest BCUT2D eigenvalue weighted by Crippen LogP contribution is 2.52. The van der Waals surface area contributed by atoms with Crippen molar-refractivity contribution in [3.05, 3.63) is 362 Å². The molecule has 0 amide bonds. The van der Waals surface area contributed by atoms with Gasteiger partial charge < -0.3 is 9.80 Å². The topological polar surface area (TPSA) is 6.48 Å². The average Bonchev–Trinajstić information content (AvgIpc) is 0.714. The third kappa shape index (κ3) is 11.4. The summed E-state index contributed by atoms with van der Waals surface area (Å²) in [4.78, 5) is 3.24. The third-order valence-electron chi connectivity index (χ3n) is 18.4. The van der Waals surface area contributed by atoms with E-state index in [-0.39, 0.29) is 46.0 Å². The normalized spacial score (nSPS) is 11.5. The van der Waals surface area contributed by atoms with Gasteiger partial charge in [0.25, 0.3) is 0 Å². The van der Waals surface area contributed by atoms with Crippen molar-refractivity contribution in [1.82, 2.24) is 0 Å². The summed E-state index contributed by atoms with van der Waals surface area (Å²) in [6, 6.07) is 89.5. The minimum atomic E-state index is -0.644. The second kappa shape index (κ2) is 25.1. The van der Waals surface area contributed by atoms with Crippen LogP contribution in [0.5, 0.6) is 0 Å². The fraction of sp³-hybridized carbons (Fsp3) is 0. The Morgan fingerprint density at radius 2 is 0.347 bits per heavy atom. The highest BCUT2D eigenvalue weighted by Gasteiger charge is 2.29. The summed E-state index contributed by atoms with van der Waals surface area (Å²) in [5, 5.41) is 3.97. The molecule has 470 valence electrons. The second-order valence-electron chi connectivity index (χ2n) is 24.3. The average molecular weight is 1290 g/mol. The minimum Gasteiger partial charge on any atom is -0.304 e. The number of hydrogen-bond acceptors (Lipinski definition) is 2. The molecule has 0 aromatic heterocycles. The van der Waals surface area contributed by atoms with E-state index in [0.717, 1.165) is 77.5 Å². The van der Waals surface area contributed by atoms with Crippen molar-refractivity contribution in [2.45, 2.75) is 0 Å². The zero-order valence-corrected chi connectivity index (χ0v) is 51.9. The lowest BCUT2D eigenvalue weighted by Crippen LogP contribution is -2.15. The maximum atomic E-state index is 17.6. The van der Waals surface area contributed by atoms with Gasteiger partial charge in [-0.2, -0.15) is 0 Å². The summed E-state index contributed by atoms with van der Waals surface area (Å²) in [7, 11) is 0. The van der Waals surface area contributed by atoms with E-state index in [0.29, 0.717) is 55.2 Å². The molecule has 0 fully saturated rings. The number of anilines is 6. The van der Waals surface area contributed by atoms with Gasteiger partial charge in [-0.05, 0) is 220 Å². The van der Waals surface area contributed by atoms with Crippen LogP contribution in [0.4, 0.5) is 69.2 Å². The molecular formula is C88H52F8N2.